The zero-order valence-electron chi connectivity index (χ0n) is 32.4. The Balaban J connectivity index is 1.27. The molecule has 53 heavy (non-hydrogen) atoms. The molecule has 13 nitrogen and oxygen atoms in total. The van der Waals surface area contributed by atoms with Gasteiger partial charge in [-0.05, 0) is 84.5 Å². The Morgan fingerprint density at radius 3 is 2.42 bits per heavy atom. The molecule has 0 aromatic heterocycles. The van der Waals surface area contributed by atoms with Crippen LogP contribution in [0.3, 0.4) is 0 Å². The number of piperidine rings is 1. The van der Waals surface area contributed by atoms with E-state index in [9.17, 15) is 24.0 Å². The standard InChI is InChI=1S/C40H62N4O9/c1-39(2,3)53-38(49)42-30-18-15-26(45)14-10-9-13-25-22-40(25,37(48)51-5)43-35(46)33-20-28(23-44(33)36(30)47)52-34-21-31(24-11-7-6-8-12-24)41-32-19-27(50-4)16-17-29(32)34/h9,13,24-25,27-34,41H,6-8,10-12,14-23H2,1-5H3,(H,42,49)(H,43,46)/b13-9-/t25-,27?,28?,29?,30+,31?,32?,33+,34?,40-/m1/s1. The maximum Gasteiger partial charge on any atom is 0.408 e. The van der Waals surface area contributed by atoms with E-state index in [0.717, 1.165) is 25.7 Å². The third-order valence-electron chi connectivity index (χ3n) is 12.6. The molecule has 0 aromatic rings. The van der Waals surface area contributed by atoms with E-state index in [-0.39, 0.29) is 68.1 Å². The number of hydrogen-bond acceptors (Lipinski definition) is 10. The quantitative estimate of drug-likeness (QED) is 0.267. The molecule has 3 aliphatic heterocycles. The summed E-state index contributed by atoms with van der Waals surface area (Å²) in [6.07, 6.45) is 14.0. The summed E-state index contributed by atoms with van der Waals surface area (Å²) >= 11 is 0. The van der Waals surface area contributed by atoms with Gasteiger partial charge in [-0.3, -0.25) is 14.4 Å². The van der Waals surface area contributed by atoms with E-state index in [1.54, 1.807) is 27.9 Å². The molecule has 0 spiro atoms. The van der Waals surface area contributed by atoms with Crippen LogP contribution in [0.25, 0.3) is 0 Å². The van der Waals surface area contributed by atoms with Crippen molar-refractivity contribution in [1.29, 1.82) is 0 Å². The van der Waals surface area contributed by atoms with E-state index in [2.05, 4.69) is 16.0 Å². The molecule has 3 aliphatic carbocycles. The third kappa shape index (κ3) is 9.44. The van der Waals surface area contributed by atoms with E-state index in [1.807, 2.05) is 12.2 Å². The summed E-state index contributed by atoms with van der Waals surface area (Å²) in [5.74, 6) is -0.962. The normalized spacial score (nSPS) is 37.9. The second-order valence-electron chi connectivity index (χ2n) is 17.4. The van der Waals surface area contributed by atoms with Gasteiger partial charge in [0.25, 0.3) is 0 Å². The fraction of sp³-hybridized carbons (Fsp3) is 0.825. The lowest BCUT2D eigenvalue weighted by Gasteiger charge is -2.49. The molecule has 0 radical (unpaired) electrons. The van der Waals surface area contributed by atoms with E-state index in [0.29, 0.717) is 24.8 Å². The van der Waals surface area contributed by atoms with Gasteiger partial charge in [0.05, 0.1) is 25.4 Å². The summed E-state index contributed by atoms with van der Waals surface area (Å²) < 4.78 is 23.5. The molecule has 2 saturated heterocycles. The van der Waals surface area contributed by atoms with Gasteiger partial charge in [0.15, 0.2) is 0 Å². The van der Waals surface area contributed by atoms with Gasteiger partial charge < -0.3 is 39.8 Å². The van der Waals surface area contributed by atoms with Crippen LogP contribution in [0.5, 0.6) is 0 Å². The third-order valence-corrected chi connectivity index (χ3v) is 12.6. The Morgan fingerprint density at radius 2 is 1.70 bits per heavy atom. The number of Topliss-reactive ketones (excluding diaryl/α,β-unsaturated/α-hetero) is 1. The number of ketones is 1. The fourth-order valence-electron chi connectivity index (χ4n) is 9.71. The van der Waals surface area contributed by atoms with Crippen molar-refractivity contribution in [2.75, 3.05) is 20.8 Å². The highest BCUT2D eigenvalue weighted by Gasteiger charge is 2.62. The Morgan fingerprint density at radius 1 is 0.925 bits per heavy atom. The number of esters is 1. The molecule has 6 aliphatic rings. The van der Waals surface area contributed by atoms with Crippen molar-refractivity contribution in [1.82, 2.24) is 20.9 Å². The van der Waals surface area contributed by atoms with Crippen molar-refractivity contribution in [2.24, 2.45) is 17.8 Å². The average molecular weight is 743 g/mol. The van der Waals surface area contributed by atoms with Crippen LogP contribution >= 0.6 is 0 Å². The Kier molecular flexibility index (Phi) is 12.5. The minimum absolute atomic E-state index is 0.0482. The van der Waals surface area contributed by atoms with Crippen molar-refractivity contribution in [3.63, 3.8) is 0 Å². The number of methoxy groups -OCH3 is 2. The molecule has 10 atom stereocenters. The summed E-state index contributed by atoms with van der Waals surface area (Å²) in [5, 5.41) is 9.73. The molecule has 296 valence electrons. The highest BCUT2D eigenvalue weighted by molar-refractivity contribution is 5.96. The summed E-state index contributed by atoms with van der Waals surface area (Å²) in [6.45, 7) is 5.35. The molecule has 6 rings (SSSR count). The van der Waals surface area contributed by atoms with Gasteiger partial charge >= 0.3 is 12.1 Å². The number of allylic oxidation sites excluding steroid dienone is 1. The van der Waals surface area contributed by atoms with Gasteiger partial charge in [-0.25, -0.2) is 9.59 Å². The van der Waals surface area contributed by atoms with Crippen LogP contribution in [0.15, 0.2) is 12.2 Å². The zero-order valence-corrected chi connectivity index (χ0v) is 32.4. The predicted octanol–water partition coefficient (Wildman–Crippen LogP) is 4.11. The smallest absolute Gasteiger partial charge is 0.408 e. The molecular formula is C40H62N4O9. The fourth-order valence-corrected chi connectivity index (χ4v) is 9.71. The molecule has 13 heteroatoms. The van der Waals surface area contributed by atoms with Crippen LogP contribution in [0.1, 0.15) is 117 Å². The first-order chi connectivity index (χ1) is 25.3. The van der Waals surface area contributed by atoms with Crippen LogP contribution in [0, 0.1) is 17.8 Å². The van der Waals surface area contributed by atoms with Gasteiger partial charge in [0.2, 0.25) is 11.8 Å². The van der Waals surface area contributed by atoms with Crippen LogP contribution in [0.2, 0.25) is 0 Å². The highest BCUT2D eigenvalue weighted by atomic mass is 16.6. The first-order valence-electron chi connectivity index (χ1n) is 20.1. The van der Waals surface area contributed by atoms with E-state index in [4.69, 9.17) is 18.9 Å². The van der Waals surface area contributed by atoms with Gasteiger partial charge in [-0.1, -0.05) is 31.4 Å². The Labute approximate surface area is 314 Å². The first kappa shape index (κ1) is 39.7. The van der Waals surface area contributed by atoms with Gasteiger partial charge in [0, 0.05) is 56.8 Å². The topological polar surface area (TPSA) is 162 Å². The number of nitrogens with zero attached hydrogens (tertiary/aromatic N) is 1. The van der Waals surface area contributed by atoms with E-state index in [1.165, 1.54) is 44.1 Å². The number of nitrogens with one attached hydrogen (secondary N) is 3. The lowest BCUT2D eigenvalue weighted by Crippen LogP contribution is -2.60. The van der Waals surface area contributed by atoms with Crippen LogP contribution in [0.4, 0.5) is 4.79 Å². The lowest BCUT2D eigenvalue weighted by molar-refractivity contribution is -0.148. The summed E-state index contributed by atoms with van der Waals surface area (Å²) in [5.41, 5.74) is -2.05. The molecule has 6 unspecified atom stereocenters. The number of rotatable bonds is 6. The molecular weight excluding hydrogens is 680 g/mol. The minimum atomic E-state index is -1.25. The maximum atomic E-state index is 14.6. The summed E-state index contributed by atoms with van der Waals surface area (Å²) in [4.78, 5) is 69.5. The number of carbonyl (C=O) groups excluding carboxylic acids is 5. The van der Waals surface area contributed by atoms with Crippen LogP contribution < -0.4 is 16.0 Å². The van der Waals surface area contributed by atoms with Crippen molar-refractivity contribution >= 4 is 29.7 Å². The number of hydrogen-bond donors (Lipinski definition) is 3. The number of alkyl carbamates (subject to hydrolysis) is 1. The number of carbonyl (C=O) groups is 5. The second-order valence-corrected chi connectivity index (χ2v) is 17.4. The maximum absolute atomic E-state index is 14.6. The summed E-state index contributed by atoms with van der Waals surface area (Å²) in [6, 6.07) is -1.47. The highest BCUT2D eigenvalue weighted by Crippen LogP contribution is 2.46. The van der Waals surface area contributed by atoms with Crippen molar-refractivity contribution in [3.05, 3.63) is 12.2 Å². The summed E-state index contributed by atoms with van der Waals surface area (Å²) in [7, 11) is 3.08. The van der Waals surface area contributed by atoms with Crippen molar-refractivity contribution < 1.29 is 42.9 Å². The molecule has 0 aromatic carbocycles. The van der Waals surface area contributed by atoms with E-state index < -0.39 is 53.2 Å². The van der Waals surface area contributed by atoms with Crippen LogP contribution in [-0.2, 0) is 38.1 Å². The zero-order chi connectivity index (χ0) is 37.9. The molecule has 3 amide bonds. The molecule has 3 heterocycles. The SMILES string of the molecule is COC(=O)[C@@]12C[C@H]1/C=C\CCC(=O)CC[C@H](NC(=O)OC(C)(C)C)C(=O)N1CC(OC3CC(C4CCCCC4)NC4CC(OC)CCC43)C[C@H]1C(=O)N2. The minimum Gasteiger partial charge on any atom is -0.467 e. The molecule has 3 N–H and O–H groups in total. The van der Waals surface area contributed by atoms with Crippen LogP contribution in [-0.4, -0.2) is 109 Å². The predicted molar refractivity (Wildman–Crippen MR) is 196 cm³/mol. The second kappa shape index (κ2) is 16.8. The van der Waals surface area contributed by atoms with E-state index >= 15 is 0 Å². The van der Waals surface area contributed by atoms with Crippen molar-refractivity contribution in [3.8, 4) is 0 Å². The largest absolute Gasteiger partial charge is 0.467 e. The number of fused-ring (bicyclic) bond motifs is 3. The Hall–Kier alpha value is -3.03. The molecule has 3 saturated carbocycles. The average Bonchev–Trinajstić information content (AvgIpc) is 3.66. The van der Waals surface area contributed by atoms with Gasteiger partial charge in [-0.2, -0.15) is 0 Å². The lowest BCUT2D eigenvalue weighted by atomic mass is 9.71. The van der Waals surface area contributed by atoms with Gasteiger partial charge in [0.1, 0.15) is 29.0 Å². The first-order valence-corrected chi connectivity index (χ1v) is 20.1. The molecule has 0 bridgehead atoms. The number of amides is 3. The monoisotopic (exact) mass is 742 g/mol. The van der Waals surface area contributed by atoms with Crippen molar-refractivity contribution in [2.45, 2.75) is 171 Å². The molecule has 5 fully saturated rings. The van der Waals surface area contributed by atoms with Gasteiger partial charge in [-0.15, -0.1) is 0 Å². The number of ether oxygens (including phenoxy) is 4. The Bertz CT molecular complexity index is 1390.